The van der Waals surface area contributed by atoms with Crippen LogP contribution in [-0.2, 0) is 31.9 Å². The number of carbonyl (C=O) groups excluding carboxylic acids is 1. The topological polar surface area (TPSA) is 85.8 Å². The van der Waals surface area contributed by atoms with Crippen molar-refractivity contribution in [3.63, 3.8) is 0 Å². The fourth-order valence-corrected chi connectivity index (χ4v) is 5.44. The molecule has 0 radical (unpaired) electrons. The smallest absolute Gasteiger partial charge is 0.297 e. The van der Waals surface area contributed by atoms with Crippen molar-refractivity contribution < 1.29 is 22.1 Å². The molecule has 0 atom stereocenters. The summed E-state index contributed by atoms with van der Waals surface area (Å²) >= 11 is 0. The second-order valence-electron chi connectivity index (χ2n) is 8.64. The predicted molar refractivity (Wildman–Crippen MR) is 128 cm³/mol. The van der Waals surface area contributed by atoms with E-state index >= 15 is 0 Å². The number of carbonyl (C=O) groups is 1. The minimum Gasteiger partial charge on any atom is -0.489 e. The molecule has 0 aliphatic carbocycles. The van der Waals surface area contributed by atoms with E-state index in [1.165, 1.54) is 23.3 Å². The van der Waals surface area contributed by atoms with Gasteiger partial charge in [-0.25, -0.2) is 0 Å². The number of hydrogen-bond acceptors (Lipinski definition) is 6. The summed E-state index contributed by atoms with van der Waals surface area (Å²) in [5, 5.41) is 0. The van der Waals surface area contributed by atoms with Crippen LogP contribution in [-0.4, -0.2) is 39.1 Å². The maximum absolute atomic E-state index is 12.3. The Bertz CT molecular complexity index is 1320. The minimum absolute atomic E-state index is 0.0722. The van der Waals surface area contributed by atoms with Gasteiger partial charge in [0, 0.05) is 24.7 Å². The van der Waals surface area contributed by atoms with Crippen LogP contribution in [0.4, 0.5) is 5.69 Å². The van der Waals surface area contributed by atoms with Gasteiger partial charge in [-0.15, -0.1) is 0 Å². The zero-order valence-electron chi connectivity index (χ0n) is 19.0. The molecule has 2 aliphatic rings. The Hall–Kier alpha value is -3.23. The molecule has 176 valence electrons. The molecule has 5 rings (SSSR count). The molecule has 1 aromatic heterocycles. The van der Waals surface area contributed by atoms with Gasteiger partial charge in [-0.2, -0.15) is 8.42 Å². The SMILES string of the molecule is Cc1ccc(S(=O)(=O)OCCOc2cncc(-c3cc4c5c(c3)CCC(=O)N5CCC4)c2)cc1. The Morgan fingerprint density at radius 3 is 2.50 bits per heavy atom. The van der Waals surface area contributed by atoms with E-state index in [0.29, 0.717) is 12.2 Å². The van der Waals surface area contributed by atoms with Crippen LogP contribution in [0.15, 0.2) is 59.8 Å². The number of rotatable bonds is 7. The third-order valence-electron chi connectivity index (χ3n) is 6.22. The summed E-state index contributed by atoms with van der Waals surface area (Å²) in [5.74, 6) is 0.752. The highest BCUT2D eigenvalue weighted by atomic mass is 32.2. The minimum atomic E-state index is -3.83. The first kappa shape index (κ1) is 22.6. The second-order valence-corrected chi connectivity index (χ2v) is 10.3. The lowest BCUT2D eigenvalue weighted by atomic mass is 9.88. The van der Waals surface area contributed by atoms with E-state index in [0.717, 1.165) is 48.2 Å². The van der Waals surface area contributed by atoms with Crippen LogP contribution in [0.25, 0.3) is 11.1 Å². The lowest BCUT2D eigenvalue weighted by molar-refractivity contribution is -0.119. The molecule has 2 aliphatic heterocycles. The lowest BCUT2D eigenvalue weighted by Gasteiger charge is -2.35. The van der Waals surface area contributed by atoms with Gasteiger partial charge >= 0.3 is 0 Å². The summed E-state index contributed by atoms with van der Waals surface area (Å²) in [4.78, 5) is 18.7. The highest BCUT2D eigenvalue weighted by Crippen LogP contribution is 2.39. The molecule has 7 nitrogen and oxygen atoms in total. The first-order valence-corrected chi connectivity index (χ1v) is 12.8. The van der Waals surface area contributed by atoms with E-state index < -0.39 is 10.1 Å². The van der Waals surface area contributed by atoms with Gasteiger partial charge in [0.15, 0.2) is 0 Å². The number of anilines is 1. The molecule has 2 aromatic carbocycles. The molecule has 3 aromatic rings. The number of nitrogens with zero attached hydrogens (tertiary/aromatic N) is 2. The van der Waals surface area contributed by atoms with Crippen LogP contribution < -0.4 is 9.64 Å². The van der Waals surface area contributed by atoms with Gasteiger partial charge in [-0.1, -0.05) is 17.7 Å². The molecule has 0 spiro atoms. The lowest BCUT2D eigenvalue weighted by Crippen LogP contribution is -2.39. The predicted octanol–water partition coefficient (Wildman–Crippen LogP) is 4.07. The summed E-state index contributed by atoms with van der Waals surface area (Å²) < 4.78 is 35.4. The van der Waals surface area contributed by atoms with Gasteiger partial charge in [0.05, 0.1) is 16.8 Å². The number of hydrogen-bond donors (Lipinski definition) is 0. The quantitative estimate of drug-likeness (QED) is 0.376. The average molecular weight is 479 g/mol. The Morgan fingerprint density at radius 1 is 0.941 bits per heavy atom. The summed E-state index contributed by atoms with van der Waals surface area (Å²) in [5.41, 5.74) is 6.43. The van der Waals surface area contributed by atoms with E-state index in [1.807, 2.05) is 17.9 Å². The van der Waals surface area contributed by atoms with E-state index in [2.05, 4.69) is 17.1 Å². The maximum Gasteiger partial charge on any atom is 0.297 e. The number of aryl methyl sites for hydroxylation is 3. The van der Waals surface area contributed by atoms with Crippen LogP contribution in [0, 0.1) is 6.92 Å². The molecule has 0 bridgehead atoms. The van der Waals surface area contributed by atoms with Crippen LogP contribution >= 0.6 is 0 Å². The summed E-state index contributed by atoms with van der Waals surface area (Å²) in [6, 6.07) is 12.7. The van der Waals surface area contributed by atoms with Gasteiger partial charge in [-0.3, -0.25) is 14.0 Å². The third kappa shape index (κ3) is 4.56. The first-order valence-electron chi connectivity index (χ1n) is 11.4. The Morgan fingerprint density at radius 2 is 1.71 bits per heavy atom. The molecule has 34 heavy (non-hydrogen) atoms. The number of aromatic nitrogens is 1. The van der Waals surface area contributed by atoms with Crippen molar-refractivity contribution in [2.24, 2.45) is 0 Å². The van der Waals surface area contributed by atoms with Crippen molar-refractivity contribution in [2.75, 3.05) is 24.7 Å². The molecular weight excluding hydrogens is 452 g/mol. The highest BCUT2D eigenvalue weighted by molar-refractivity contribution is 7.86. The molecule has 1 amide bonds. The molecule has 0 N–H and O–H groups in total. The van der Waals surface area contributed by atoms with Crippen molar-refractivity contribution in [1.29, 1.82) is 0 Å². The monoisotopic (exact) mass is 478 g/mol. The Kier molecular flexibility index (Phi) is 6.10. The van der Waals surface area contributed by atoms with Crippen molar-refractivity contribution in [3.05, 3.63) is 71.5 Å². The molecule has 3 heterocycles. The number of benzene rings is 2. The number of ether oxygens (including phenoxy) is 1. The highest BCUT2D eigenvalue weighted by Gasteiger charge is 2.29. The summed E-state index contributed by atoms with van der Waals surface area (Å²) in [6.45, 7) is 2.66. The standard InChI is InChI=1S/C26H26N2O5S/c1-18-4-7-24(8-5-18)34(30,31)33-12-11-32-23-15-22(16-27-17-23)21-13-19-3-2-10-28-25(29)9-6-20(14-21)26(19)28/h4-5,7-8,13-17H,2-3,6,9-12H2,1H3. The molecule has 0 saturated carbocycles. The molecule has 0 fully saturated rings. The van der Waals surface area contributed by atoms with Crippen molar-refractivity contribution in [3.8, 4) is 16.9 Å². The largest absolute Gasteiger partial charge is 0.489 e. The van der Waals surface area contributed by atoms with Gasteiger partial charge in [0.2, 0.25) is 5.91 Å². The second kappa shape index (κ2) is 9.19. The van der Waals surface area contributed by atoms with Crippen molar-refractivity contribution >= 4 is 21.7 Å². The van der Waals surface area contributed by atoms with Crippen molar-refractivity contribution in [1.82, 2.24) is 4.98 Å². The maximum atomic E-state index is 12.3. The number of amides is 1. The fraction of sp³-hybridized carbons (Fsp3) is 0.308. The first-order chi connectivity index (χ1) is 16.4. The molecule has 0 unspecified atom stereocenters. The van der Waals surface area contributed by atoms with E-state index in [9.17, 15) is 13.2 Å². The Labute approximate surface area is 199 Å². The van der Waals surface area contributed by atoms with Crippen molar-refractivity contribution in [2.45, 2.75) is 37.5 Å². The van der Waals surface area contributed by atoms with Gasteiger partial charge < -0.3 is 9.64 Å². The van der Waals surface area contributed by atoms with Crippen LogP contribution in [0.1, 0.15) is 29.5 Å². The van der Waals surface area contributed by atoms with E-state index in [-0.39, 0.29) is 24.0 Å². The molecular formula is C26H26N2O5S. The zero-order chi connectivity index (χ0) is 23.7. The fourth-order valence-electron chi connectivity index (χ4n) is 4.55. The van der Waals surface area contributed by atoms with E-state index in [4.69, 9.17) is 8.92 Å². The van der Waals surface area contributed by atoms with Crippen LogP contribution in [0.5, 0.6) is 5.75 Å². The van der Waals surface area contributed by atoms with Crippen LogP contribution in [0.3, 0.4) is 0 Å². The van der Waals surface area contributed by atoms with E-state index in [1.54, 1.807) is 24.5 Å². The van der Waals surface area contributed by atoms with Gasteiger partial charge in [0.25, 0.3) is 10.1 Å². The molecule has 0 saturated heterocycles. The Balaban J connectivity index is 1.27. The summed E-state index contributed by atoms with van der Waals surface area (Å²) in [6.07, 6.45) is 6.60. The van der Waals surface area contributed by atoms with Crippen LogP contribution in [0.2, 0.25) is 0 Å². The van der Waals surface area contributed by atoms with Gasteiger partial charge in [0.1, 0.15) is 19.0 Å². The normalized spacial score (nSPS) is 15.2. The average Bonchev–Trinajstić information content (AvgIpc) is 2.84. The zero-order valence-corrected chi connectivity index (χ0v) is 19.8. The van der Waals surface area contributed by atoms with Gasteiger partial charge in [-0.05, 0) is 73.2 Å². The molecule has 8 heteroatoms. The third-order valence-corrected chi connectivity index (χ3v) is 7.55. The number of pyridine rings is 1. The summed E-state index contributed by atoms with van der Waals surface area (Å²) in [7, 11) is -3.83.